The summed E-state index contributed by atoms with van der Waals surface area (Å²) in [4.78, 5) is 12.4. The minimum Gasteiger partial charge on any atom is -0.303 e. The van der Waals surface area contributed by atoms with Crippen LogP contribution in [0.3, 0.4) is 0 Å². The maximum absolute atomic E-state index is 12.4. The van der Waals surface area contributed by atoms with E-state index < -0.39 is 37.9 Å². The summed E-state index contributed by atoms with van der Waals surface area (Å²) in [5.74, 6) is -0.599. The van der Waals surface area contributed by atoms with Gasteiger partial charge in [-0.1, -0.05) is 30.3 Å². The van der Waals surface area contributed by atoms with E-state index in [-0.39, 0.29) is 18.0 Å². The van der Waals surface area contributed by atoms with Gasteiger partial charge >= 0.3 is 0 Å². The van der Waals surface area contributed by atoms with Gasteiger partial charge in [0.25, 0.3) is 0 Å². The first kappa shape index (κ1) is 5.65. The number of hydrogen-bond acceptors (Lipinski definition) is 2. The SMILES string of the molecule is Cl.[2H]C([2H])([2H])C(NC(C)C(=O)c1ccccc1)(C([2H])([2H])[2H])C([2H])([2H])[2H]. The normalized spacial score (nSPS) is 23.4. The summed E-state index contributed by atoms with van der Waals surface area (Å²) >= 11 is 0. The van der Waals surface area contributed by atoms with Crippen molar-refractivity contribution in [2.45, 2.75) is 39.1 Å². The Bertz CT molecular complexity index is 544. The highest BCUT2D eigenvalue weighted by Crippen LogP contribution is 2.07. The van der Waals surface area contributed by atoms with Gasteiger partial charge in [-0.25, -0.2) is 0 Å². The van der Waals surface area contributed by atoms with Crippen LogP contribution in [-0.2, 0) is 0 Å². The molecule has 0 aliphatic rings. The number of nitrogens with one attached hydrogen (secondary N) is 1. The predicted molar refractivity (Wildman–Crippen MR) is 70.4 cm³/mol. The van der Waals surface area contributed by atoms with Crippen molar-refractivity contribution in [3.8, 4) is 0 Å². The molecule has 0 heterocycles. The molecule has 0 aromatic heterocycles. The molecular formula is C13H20ClNO. The van der Waals surface area contributed by atoms with Crippen LogP contribution in [0.2, 0.25) is 0 Å². The number of benzene rings is 1. The van der Waals surface area contributed by atoms with Crippen molar-refractivity contribution < 1.29 is 17.1 Å². The Hall–Kier alpha value is -0.860. The molecule has 0 radical (unpaired) electrons. The average Bonchev–Trinajstić information content (AvgIpc) is 2.40. The molecule has 0 amide bonds. The van der Waals surface area contributed by atoms with Crippen molar-refractivity contribution in [3.05, 3.63) is 35.9 Å². The lowest BCUT2D eigenvalue weighted by Gasteiger charge is -2.25. The molecular weight excluding hydrogens is 222 g/mol. The van der Waals surface area contributed by atoms with Crippen LogP contribution < -0.4 is 5.32 Å². The highest BCUT2D eigenvalue weighted by Gasteiger charge is 2.20. The van der Waals surface area contributed by atoms with Crippen LogP contribution in [0.4, 0.5) is 0 Å². The monoisotopic (exact) mass is 250 g/mol. The van der Waals surface area contributed by atoms with Gasteiger partial charge in [-0.3, -0.25) is 4.79 Å². The Kier molecular flexibility index (Phi) is 2.13. The minimum atomic E-state index is -3.39. The van der Waals surface area contributed by atoms with Gasteiger partial charge in [0.1, 0.15) is 0 Å². The zero-order chi connectivity index (χ0) is 19.0. The summed E-state index contributed by atoms with van der Waals surface area (Å²) in [6.07, 6.45) is 0. The zero-order valence-corrected chi connectivity index (χ0v) is 9.60. The Labute approximate surface area is 116 Å². The van der Waals surface area contributed by atoms with E-state index in [4.69, 9.17) is 12.3 Å². The third-order valence-electron chi connectivity index (χ3n) is 1.88. The first-order valence-corrected chi connectivity index (χ1v) is 4.52. The summed E-state index contributed by atoms with van der Waals surface area (Å²) in [6, 6.07) is 6.47. The van der Waals surface area contributed by atoms with E-state index in [0.29, 0.717) is 0 Å². The van der Waals surface area contributed by atoms with Crippen LogP contribution in [0.5, 0.6) is 0 Å². The summed E-state index contributed by atoms with van der Waals surface area (Å²) in [5.41, 5.74) is -3.01. The molecule has 2 nitrogen and oxygen atoms in total. The lowest BCUT2D eigenvalue weighted by atomic mass is 10.0. The van der Waals surface area contributed by atoms with Gasteiger partial charge in [-0.2, -0.15) is 0 Å². The third kappa shape index (κ3) is 4.77. The highest BCUT2D eigenvalue weighted by molar-refractivity contribution is 5.99. The Morgan fingerprint density at radius 1 is 1.31 bits per heavy atom. The molecule has 1 rings (SSSR count). The number of hydrogen-bond donors (Lipinski definition) is 1. The van der Waals surface area contributed by atoms with Gasteiger partial charge < -0.3 is 5.32 Å². The van der Waals surface area contributed by atoms with Crippen LogP contribution in [0.1, 0.15) is 50.2 Å². The standard InChI is InChI=1S/C13H19NO.ClH/c1-10(14-13(2,3)4)12(15)11-8-6-5-7-9-11;/h5-10,14H,1-4H3;1H/i2D3,3D3,4D3;. The molecule has 0 aliphatic carbocycles. The lowest BCUT2D eigenvalue weighted by molar-refractivity contribution is 0.0936. The molecule has 90 valence electrons. The molecule has 3 heteroatoms. The fraction of sp³-hybridized carbons (Fsp3) is 0.462. The lowest BCUT2D eigenvalue weighted by Crippen LogP contribution is -2.46. The molecule has 1 N–H and O–H groups in total. The maximum atomic E-state index is 12.4. The third-order valence-corrected chi connectivity index (χ3v) is 1.88. The fourth-order valence-corrected chi connectivity index (χ4v) is 1.24. The Morgan fingerprint density at radius 3 is 2.38 bits per heavy atom. The fourth-order valence-electron chi connectivity index (χ4n) is 1.24. The summed E-state index contributed by atoms with van der Waals surface area (Å²) in [5, 5.41) is 2.11. The number of ketones is 1. The quantitative estimate of drug-likeness (QED) is 0.836. The number of rotatable bonds is 3. The van der Waals surface area contributed by atoms with Gasteiger partial charge in [0, 0.05) is 23.4 Å². The molecule has 1 aromatic rings. The molecule has 1 aromatic carbocycles. The van der Waals surface area contributed by atoms with Crippen LogP contribution >= 0.6 is 12.4 Å². The van der Waals surface area contributed by atoms with Crippen molar-refractivity contribution in [2.75, 3.05) is 0 Å². The zero-order valence-electron chi connectivity index (χ0n) is 17.8. The molecule has 1 atom stereocenters. The molecule has 0 saturated heterocycles. The smallest absolute Gasteiger partial charge is 0.179 e. The maximum Gasteiger partial charge on any atom is 0.179 e. The van der Waals surface area contributed by atoms with Gasteiger partial charge in [-0.05, 0) is 27.5 Å². The first-order valence-electron chi connectivity index (χ1n) is 9.02. The molecule has 0 aliphatic heterocycles. The molecule has 1 unspecified atom stereocenters. The molecule has 0 spiro atoms. The van der Waals surface area contributed by atoms with Crippen LogP contribution in [-0.4, -0.2) is 17.4 Å². The van der Waals surface area contributed by atoms with Crippen molar-refractivity contribution in [1.29, 1.82) is 0 Å². The minimum absolute atomic E-state index is 0. The van der Waals surface area contributed by atoms with Gasteiger partial charge in [0.05, 0.1) is 6.04 Å². The number of halogens is 1. The van der Waals surface area contributed by atoms with Gasteiger partial charge in [0.2, 0.25) is 0 Å². The van der Waals surface area contributed by atoms with Crippen molar-refractivity contribution in [2.24, 2.45) is 0 Å². The second-order valence-corrected chi connectivity index (χ2v) is 3.35. The topological polar surface area (TPSA) is 29.1 Å². The first-order chi connectivity index (χ1) is 10.6. The predicted octanol–water partition coefficient (Wildman–Crippen LogP) is 3.07. The Morgan fingerprint density at radius 2 is 1.88 bits per heavy atom. The van der Waals surface area contributed by atoms with Gasteiger partial charge in [-0.15, -0.1) is 12.4 Å². The molecule has 0 bridgehead atoms. The number of Topliss-reactive ketones (excluding diaryl/α,β-unsaturated/α-hetero) is 1. The van der Waals surface area contributed by atoms with Crippen LogP contribution in [0.25, 0.3) is 0 Å². The van der Waals surface area contributed by atoms with E-state index in [9.17, 15) is 4.79 Å². The number of carbonyl (C=O) groups is 1. The highest BCUT2D eigenvalue weighted by atomic mass is 35.5. The summed E-state index contributed by atoms with van der Waals surface area (Å²) in [7, 11) is 0. The van der Waals surface area contributed by atoms with Crippen LogP contribution in [0, 0.1) is 0 Å². The van der Waals surface area contributed by atoms with E-state index in [1.807, 2.05) is 0 Å². The average molecular weight is 251 g/mol. The van der Waals surface area contributed by atoms with E-state index >= 15 is 0 Å². The summed E-state index contributed by atoms with van der Waals surface area (Å²) < 4.78 is 67.7. The van der Waals surface area contributed by atoms with E-state index in [0.717, 1.165) is 0 Å². The van der Waals surface area contributed by atoms with E-state index in [1.54, 1.807) is 18.2 Å². The van der Waals surface area contributed by atoms with Gasteiger partial charge in [0.15, 0.2) is 5.78 Å². The largest absolute Gasteiger partial charge is 0.303 e. The van der Waals surface area contributed by atoms with Crippen molar-refractivity contribution in [1.82, 2.24) is 5.32 Å². The van der Waals surface area contributed by atoms with Crippen LogP contribution in [0.15, 0.2) is 30.3 Å². The number of carbonyl (C=O) groups excluding carboxylic acids is 1. The van der Waals surface area contributed by atoms with Crippen molar-refractivity contribution in [3.63, 3.8) is 0 Å². The Balaban J connectivity index is 0.00000576. The summed E-state index contributed by atoms with van der Waals surface area (Å²) in [6.45, 7) is -8.94. The molecule has 0 fully saturated rings. The van der Waals surface area contributed by atoms with E-state index in [1.165, 1.54) is 19.1 Å². The van der Waals surface area contributed by atoms with Crippen molar-refractivity contribution >= 4 is 18.2 Å². The second kappa shape index (κ2) is 6.02. The molecule has 0 saturated carbocycles. The van der Waals surface area contributed by atoms with E-state index in [2.05, 4.69) is 5.32 Å². The second-order valence-electron chi connectivity index (χ2n) is 3.35. The molecule has 16 heavy (non-hydrogen) atoms.